The first kappa shape index (κ1) is 19.7. The van der Waals surface area contributed by atoms with Crippen LogP contribution in [-0.2, 0) is 17.6 Å². The first-order chi connectivity index (χ1) is 14.1. The number of piperidine rings is 1. The van der Waals surface area contributed by atoms with Gasteiger partial charge in [0.2, 0.25) is 11.7 Å². The van der Waals surface area contributed by atoms with Crippen LogP contribution in [0.2, 0.25) is 0 Å². The molecule has 0 spiro atoms. The van der Waals surface area contributed by atoms with E-state index in [0.29, 0.717) is 23.9 Å². The number of benzene rings is 1. The number of nitrogens with one attached hydrogen (secondary N) is 1. The molecule has 1 atom stereocenters. The van der Waals surface area contributed by atoms with Gasteiger partial charge in [-0.25, -0.2) is 4.98 Å². The summed E-state index contributed by atoms with van der Waals surface area (Å²) in [5.41, 5.74) is 1.61. The van der Waals surface area contributed by atoms with Crippen LogP contribution in [0.25, 0.3) is 0 Å². The highest BCUT2D eigenvalue weighted by Crippen LogP contribution is 2.32. The van der Waals surface area contributed by atoms with Gasteiger partial charge >= 0.3 is 0 Å². The first-order valence-electron chi connectivity index (χ1n) is 10.7. The van der Waals surface area contributed by atoms with E-state index in [-0.39, 0.29) is 17.6 Å². The minimum absolute atomic E-state index is 0.0164. The van der Waals surface area contributed by atoms with Gasteiger partial charge < -0.3 is 14.6 Å². The molecular formula is C23H29N3O3. The maximum Gasteiger partial charge on any atom is 0.289 e. The summed E-state index contributed by atoms with van der Waals surface area (Å²) in [4.78, 5) is 32.4. The Balaban J connectivity index is 1.49. The minimum Gasteiger partial charge on any atom is -0.435 e. The molecule has 0 unspecified atom stereocenters. The van der Waals surface area contributed by atoms with Crippen LogP contribution in [0.15, 0.2) is 34.7 Å². The summed E-state index contributed by atoms with van der Waals surface area (Å²) in [6.07, 6.45) is 6.84. The summed E-state index contributed by atoms with van der Waals surface area (Å²) >= 11 is 0. The summed E-state index contributed by atoms with van der Waals surface area (Å²) in [5, 5.41) is 2.94. The van der Waals surface area contributed by atoms with Crippen molar-refractivity contribution in [3.05, 3.63) is 53.2 Å². The number of rotatable bonds is 7. The van der Waals surface area contributed by atoms with Crippen LogP contribution >= 0.6 is 0 Å². The molecule has 1 saturated heterocycles. The Bertz CT molecular complexity index is 852. The quantitative estimate of drug-likeness (QED) is 0.781. The highest BCUT2D eigenvalue weighted by atomic mass is 16.4. The highest BCUT2D eigenvalue weighted by Gasteiger charge is 2.30. The van der Waals surface area contributed by atoms with Crippen molar-refractivity contribution in [3.63, 3.8) is 0 Å². The van der Waals surface area contributed by atoms with E-state index in [9.17, 15) is 9.59 Å². The van der Waals surface area contributed by atoms with Crippen LogP contribution in [0.3, 0.4) is 0 Å². The number of aryl methyl sites for hydroxylation is 1. The van der Waals surface area contributed by atoms with Gasteiger partial charge in [-0.05, 0) is 50.5 Å². The molecule has 2 heterocycles. The van der Waals surface area contributed by atoms with Crippen molar-refractivity contribution in [1.82, 2.24) is 15.2 Å². The average molecular weight is 396 g/mol. The van der Waals surface area contributed by atoms with Crippen molar-refractivity contribution in [1.29, 1.82) is 0 Å². The van der Waals surface area contributed by atoms with Gasteiger partial charge in [0.1, 0.15) is 6.04 Å². The average Bonchev–Trinajstić information content (AvgIpc) is 3.48. The lowest BCUT2D eigenvalue weighted by molar-refractivity contribution is -0.134. The Morgan fingerprint density at radius 2 is 1.90 bits per heavy atom. The van der Waals surface area contributed by atoms with Crippen LogP contribution in [0, 0.1) is 12.8 Å². The molecule has 4 rings (SSSR count). The molecule has 1 aliphatic heterocycles. The highest BCUT2D eigenvalue weighted by molar-refractivity contribution is 5.96. The van der Waals surface area contributed by atoms with Gasteiger partial charge in [0.05, 0.1) is 5.69 Å². The van der Waals surface area contributed by atoms with Crippen molar-refractivity contribution in [2.24, 2.45) is 5.92 Å². The van der Waals surface area contributed by atoms with E-state index in [2.05, 4.69) is 10.3 Å². The molecule has 1 aromatic heterocycles. The fraction of sp³-hybridized carbons (Fsp3) is 0.522. The van der Waals surface area contributed by atoms with E-state index in [1.165, 1.54) is 12.8 Å². The minimum atomic E-state index is -0.612. The number of likely N-dealkylation sites (tertiary alicyclic amines) is 1. The Kier molecular flexibility index (Phi) is 5.97. The third-order valence-electron chi connectivity index (χ3n) is 5.76. The van der Waals surface area contributed by atoms with E-state index in [4.69, 9.17) is 4.42 Å². The van der Waals surface area contributed by atoms with Crippen molar-refractivity contribution >= 4 is 11.8 Å². The molecule has 2 aliphatic rings. The van der Waals surface area contributed by atoms with Crippen LogP contribution in [-0.4, -0.2) is 40.8 Å². The fourth-order valence-electron chi connectivity index (χ4n) is 3.93. The van der Waals surface area contributed by atoms with Gasteiger partial charge in [-0.15, -0.1) is 0 Å². The zero-order chi connectivity index (χ0) is 20.2. The van der Waals surface area contributed by atoms with Crippen LogP contribution in [0.5, 0.6) is 0 Å². The summed E-state index contributed by atoms with van der Waals surface area (Å²) in [7, 11) is 0. The number of hydrogen-bond donors (Lipinski definition) is 1. The molecule has 2 fully saturated rings. The maximum absolute atomic E-state index is 13.2. The van der Waals surface area contributed by atoms with Gasteiger partial charge in [-0.1, -0.05) is 30.3 Å². The Hall–Kier alpha value is -2.63. The van der Waals surface area contributed by atoms with E-state index in [0.717, 1.165) is 44.3 Å². The lowest BCUT2D eigenvalue weighted by Gasteiger charge is -2.30. The van der Waals surface area contributed by atoms with Crippen LogP contribution < -0.4 is 5.32 Å². The molecule has 1 aromatic carbocycles. The van der Waals surface area contributed by atoms with Crippen molar-refractivity contribution < 1.29 is 14.0 Å². The molecule has 2 amide bonds. The van der Waals surface area contributed by atoms with Crippen molar-refractivity contribution in [2.45, 2.75) is 57.9 Å². The van der Waals surface area contributed by atoms with E-state index in [1.807, 2.05) is 35.2 Å². The SMILES string of the molecule is Cc1nc(CC2CC2)oc1C(=O)N[C@H](Cc1ccccc1)C(=O)N1CCCCC1. The van der Waals surface area contributed by atoms with Gasteiger partial charge in [0.25, 0.3) is 5.91 Å². The second-order valence-electron chi connectivity index (χ2n) is 8.27. The fourth-order valence-corrected chi connectivity index (χ4v) is 3.93. The summed E-state index contributed by atoms with van der Waals surface area (Å²) < 4.78 is 5.76. The molecule has 1 N–H and O–H groups in total. The summed E-state index contributed by atoms with van der Waals surface area (Å²) in [6.45, 7) is 3.30. The number of carbonyl (C=O) groups is 2. The predicted octanol–water partition coefficient (Wildman–Crippen LogP) is 3.29. The summed E-state index contributed by atoms with van der Waals surface area (Å²) in [5.74, 6) is 1.11. The van der Waals surface area contributed by atoms with Gasteiger partial charge in [0.15, 0.2) is 5.89 Å². The second-order valence-corrected chi connectivity index (χ2v) is 8.27. The number of aromatic nitrogens is 1. The molecule has 6 nitrogen and oxygen atoms in total. The largest absolute Gasteiger partial charge is 0.435 e. The lowest BCUT2D eigenvalue weighted by Crippen LogP contribution is -2.51. The van der Waals surface area contributed by atoms with Crippen molar-refractivity contribution in [3.8, 4) is 0 Å². The molecule has 0 bridgehead atoms. The van der Waals surface area contributed by atoms with Gasteiger partial charge in [0, 0.05) is 25.9 Å². The van der Waals surface area contributed by atoms with Crippen LogP contribution in [0.1, 0.15) is 59.8 Å². The molecular weight excluding hydrogens is 366 g/mol. The molecule has 1 saturated carbocycles. The van der Waals surface area contributed by atoms with E-state index >= 15 is 0 Å². The second kappa shape index (κ2) is 8.80. The van der Waals surface area contributed by atoms with Gasteiger partial charge in [-0.3, -0.25) is 9.59 Å². The topological polar surface area (TPSA) is 75.4 Å². The Morgan fingerprint density at radius 3 is 2.59 bits per heavy atom. The zero-order valence-corrected chi connectivity index (χ0v) is 17.0. The Morgan fingerprint density at radius 1 is 1.17 bits per heavy atom. The Labute approximate surface area is 171 Å². The third kappa shape index (κ3) is 5.05. The predicted molar refractivity (Wildman–Crippen MR) is 109 cm³/mol. The van der Waals surface area contributed by atoms with E-state index in [1.54, 1.807) is 6.92 Å². The molecule has 29 heavy (non-hydrogen) atoms. The van der Waals surface area contributed by atoms with Crippen molar-refractivity contribution in [2.75, 3.05) is 13.1 Å². The maximum atomic E-state index is 13.2. The monoisotopic (exact) mass is 395 g/mol. The molecule has 0 radical (unpaired) electrons. The molecule has 1 aliphatic carbocycles. The smallest absolute Gasteiger partial charge is 0.289 e. The normalized spacial score (nSPS) is 17.8. The van der Waals surface area contributed by atoms with Crippen LogP contribution in [0.4, 0.5) is 0 Å². The number of hydrogen-bond acceptors (Lipinski definition) is 4. The molecule has 2 aromatic rings. The molecule has 6 heteroatoms. The third-order valence-corrected chi connectivity index (χ3v) is 5.76. The standard InChI is InChI=1S/C23H29N3O3/c1-16-21(29-20(24-16)15-18-10-11-18)22(27)25-19(14-17-8-4-2-5-9-17)23(28)26-12-6-3-7-13-26/h2,4-5,8-9,18-19H,3,6-7,10-15H2,1H3,(H,25,27)/t19-/m1/s1. The number of amides is 2. The number of carbonyl (C=O) groups excluding carboxylic acids is 2. The van der Waals surface area contributed by atoms with E-state index < -0.39 is 6.04 Å². The first-order valence-corrected chi connectivity index (χ1v) is 10.7. The summed E-state index contributed by atoms with van der Waals surface area (Å²) in [6, 6.07) is 9.20. The molecule has 154 valence electrons. The number of oxazole rings is 1. The zero-order valence-electron chi connectivity index (χ0n) is 17.0. The van der Waals surface area contributed by atoms with Gasteiger partial charge in [-0.2, -0.15) is 0 Å². The lowest BCUT2D eigenvalue weighted by atomic mass is 10.0. The number of nitrogens with zero attached hydrogens (tertiary/aromatic N) is 2.